The van der Waals surface area contributed by atoms with E-state index in [9.17, 15) is 0 Å². The molecule has 0 atom stereocenters. The maximum absolute atomic E-state index is 5.83. The number of aromatic nitrogens is 2. The van der Waals surface area contributed by atoms with Crippen molar-refractivity contribution >= 4 is 34.4 Å². The summed E-state index contributed by atoms with van der Waals surface area (Å²) in [5.74, 6) is 0.633. The number of anilines is 1. The van der Waals surface area contributed by atoms with Crippen LogP contribution in [-0.4, -0.2) is 16.4 Å². The number of nitrogens with zero attached hydrogens (tertiary/aromatic N) is 3. The molecule has 1 heterocycles. The number of benzene rings is 2. The van der Waals surface area contributed by atoms with Gasteiger partial charge in [-0.05, 0) is 17.7 Å². The minimum Gasteiger partial charge on any atom is -0.259 e. The van der Waals surface area contributed by atoms with Crippen LogP contribution in [0, 0.1) is 0 Å². The highest BCUT2D eigenvalue weighted by atomic mass is 35.5. The minimum atomic E-state index is 0.633. The Morgan fingerprint density at radius 3 is 2.70 bits per heavy atom. The Bertz CT molecular complexity index is 748. The Labute approximate surface area is 121 Å². The second-order valence-corrected chi connectivity index (χ2v) is 4.64. The van der Waals surface area contributed by atoms with E-state index < -0.39 is 0 Å². The number of hydrogen-bond donors (Lipinski definition) is 1. The van der Waals surface area contributed by atoms with E-state index in [1.54, 1.807) is 12.4 Å². The van der Waals surface area contributed by atoms with Crippen LogP contribution in [0.5, 0.6) is 0 Å². The summed E-state index contributed by atoms with van der Waals surface area (Å²) in [6.07, 6.45) is 3.43. The van der Waals surface area contributed by atoms with Gasteiger partial charge in [-0.15, -0.1) is 5.10 Å². The van der Waals surface area contributed by atoms with E-state index in [1.165, 1.54) is 0 Å². The van der Waals surface area contributed by atoms with Crippen LogP contribution in [0.25, 0.3) is 10.8 Å². The summed E-state index contributed by atoms with van der Waals surface area (Å²) in [5.41, 5.74) is 3.87. The Kier molecular flexibility index (Phi) is 3.56. The third-order valence-electron chi connectivity index (χ3n) is 2.82. The molecule has 2 aromatic carbocycles. The van der Waals surface area contributed by atoms with E-state index in [1.807, 2.05) is 48.5 Å². The molecule has 0 saturated heterocycles. The summed E-state index contributed by atoms with van der Waals surface area (Å²) >= 11 is 5.83. The van der Waals surface area contributed by atoms with Crippen molar-refractivity contribution in [2.45, 2.75) is 0 Å². The Balaban J connectivity index is 1.81. The molecule has 1 aromatic heterocycles. The van der Waals surface area contributed by atoms with Crippen LogP contribution >= 0.6 is 11.6 Å². The molecule has 0 aliphatic rings. The lowest BCUT2D eigenvalue weighted by atomic mass is 10.2. The first kappa shape index (κ1) is 12.6. The molecule has 0 unspecified atom stereocenters. The molecule has 0 bridgehead atoms. The first-order chi connectivity index (χ1) is 9.83. The zero-order valence-electron chi connectivity index (χ0n) is 10.5. The molecule has 0 saturated carbocycles. The molecule has 0 radical (unpaired) electrons. The third kappa shape index (κ3) is 2.75. The summed E-state index contributed by atoms with van der Waals surface area (Å²) in [6.45, 7) is 0. The number of hydrazone groups is 1. The van der Waals surface area contributed by atoms with Gasteiger partial charge in [0.1, 0.15) is 0 Å². The minimum absolute atomic E-state index is 0.633. The molecule has 98 valence electrons. The second kappa shape index (κ2) is 5.67. The molecule has 0 aliphatic carbocycles. The van der Waals surface area contributed by atoms with Crippen molar-refractivity contribution in [3.63, 3.8) is 0 Å². The quantitative estimate of drug-likeness (QED) is 0.588. The first-order valence-electron chi connectivity index (χ1n) is 6.08. The van der Waals surface area contributed by atoms with Gasteiger partial charge in [0.2, 0.25) is 0 Å². The molecule has 3 rings (SSSR count). The number of fused-ring (bicyclic) bond motifs is 1. The zero-order chi connectivity index (χ0) is 13.8. The van der Waals surface area contributed by atoms with Crippen molar-refractivity contribution in [2.24, 2.45) is 5.10 Å². The normalized spacial score (nSPS) is 11.1. The number of rotatable bonds is 3. The average Bonchev–Trinajstić information content (AvgIpc) is 2.49. The van der Waals surface area contributed by atoms with Gasteiger partial charge in [0.15, 0.2) is 5.82 Å². The number of nitrogens with one attached hydrogen (secondary N) is 1. The van der Waals surface area contributed by atoms with Crippen molar-refractivity contribution in [1.82, 2.24) is 10.2 Å². The lowest BCUT2D eigenvalue weighted by Gasteiger charge is -2.02. The maximum Gasteiger partial charge on any atom is 0.176 e. The fourth-order valence-electron chi connectivity index (χ4n) is 1.83. The molecule has 0 spiro atoms. The van der Waals surface area contributed by atoms with E-state index in [2.05, 4.69) is 20.7 Å². The highest BCUT2D eigenvalue weighted by Crippen LogP contribution is 2.19. The van der Waals surface area contributed by atoms with Gasteiger partial charge in [-0.3, -0.25) is 5.43 Å². The number of halogens is 1. The first-order valence-corrected chi connectivity index (χ1v) is 6.46. The molecular formula is C15H11ClN4. The van der Waals surface area contributed by atoms with Crippen LogP contribution in [-0.2, 0) is 0 Å². The lowest BCUT2D eigenvalue weighted by Crippen LogP contribution is -1.96. The third-order valence-corrected chi connectivity index (χ3v) is 3.08. The summed E-state index contributed by atoms with van der Waals surface area (Å²) in [6, 6.07) is 15.3. The molecule has 5 heteroatoms. The van der Waals surface area contributed by atoms with Crippen molar-refractivity contribution in [3.8, 4) is 0 Å². The molecule has 1 N–H and O–H groups in total. The fourth-order valence-corrected chi connectivity index (χ4v) is 1.95. The van der Waals surface area contributed by atoms with Gasteiger partial charge in [-0.2, -0.15) is 10.2 Å². The van der Waals surface area contributed by atoms with Crippen LogP contribution in [0.1, 0.15) is 5.56 Å². The maximum atomic E-state index is 5.83. The fraction of sp³-hybridized carbons (Fsp3) is 0. The average molecular weight is 283 g/mol. The number of hydrogen-bond acceptors (Lipinski definition) is 4. The zero-order valence-corrected chi connectivity index (χ0v) is 11.2. The van der Waals surface area contributed by atoms with Crippen molar-refractivity contribution in [1.29, 1.82) is 0 Å². The molecule has 20 heavy (non-hydrogen) atoms. The van der Waals surface area contributed by atoms with Gasteiger partial charge < -0.3 is 0 Å². The smallest absolute Gasteiger partial charge is 0.176 e. The largest absolute Gasteiger partial charge is 0.259 e. The van der Waals surface area contributed by atoms with Crippen LogP contribution in [0.15, 0.2) is 59.8 Å². The predicted octanol–water partition coefficient (Wildman–Crippen LogP) is 3.73. The Morgan fingerprint density at radius 1 is 1.05 bits per heavy atom. The van der Waals surface area contributed by atoms with Crippen LogP contribution in [0.4, 0.5) is 5.82 Å². The molecular weight excluding hydrogens is 272 g/mol. The van der Waals surface area contributed by atoms with Crippen molar-refractivity contribution in [3.05, 3.63) is 65.3 Å². The Morgan fingerprint density at radius 2 is 1.85 bits per heavy atom. The van der Waals surface area contributed by atoms with E-state index >= 15 is 0 Å². The van der Waals surface area contributed by atoms with E-state index in [0.29, 0.717) is 10.8 Å². The van der Waals surface area contributed by atoms with E-state index in [4.69, 9.17) is 11.6 Å². The molecule has 4 nitrogen and oxygen atoms in total. The van der Waals surface area contributed by atoms with Gasteiger partial charge in [0.05, 0.1) is 12.4 Å². The van der Waals surface area contributed by atoms with Crippen LogP contribution in [0.3, 0.4) is 0 Å². The highest BCUT2D eigenvalue weighted by molar-refractivity contribution is 6.30. The van der Waals surface area contributed by atoms with Crippen molar-refractivity contribution in [2.75, 3.05) is 5.43 Å². The summed E-state index contributed by atoms with van der Waals surface area (Å²) in [4.78, 5) is 0. The summed E-state index contributed by atoms with van der Waals surface area (Å²) < 4.78 is 0. The monoisotopic (exact) mass is 282 g/mol. The summed E-state index contributed by atoms with van der Waals surface area (Å²) in [7, 11) is 0. The van der Waals surface area contributed by atoms with Gasteiger partial charge in [-0.1, -0.05) is 48.0 Å². The Hall–Kier alpha value is -2.46. The van der Waals surface area contributed by atoms with Gasteiger partial charge >= 0.3 is 0 Å². The molecule has 0 aliphatic heterocycles. The predicted molar refractivity (Wildman–Crippen MR) is 82.2 cm³/mol. The van der Waals surface area contributed by atoms with Gasteiger partial charge in [0.25, 0.3) is 0 Å². The SMILES string of the molecule is Clc1ccc(C=NNc2nncc3ccccc23)cc1. The molecule has 0 fully saturated rings. The van der Waals surface area contributed by atoms with Gasteiger partial charge in [-0.25, -0.2) is 0 Å². The van der Waals surface area contributed by atoms with E-state index in [0.717, 1.165) is 16.3 Å². The second-order valence-electron chi connectivity index (χ2n) is 4.20. The summed E-state index contributed by atoms with van der Waals surface area (Å²) in [5, 5.41) is 14.9. The van der Waals surface area contributed by atoms with Gasteiger partial charge in [0, 0.05) is 15.8 Å². The van der Waals surface area contributed by atoms with E-state index in [-0.39, 0.29) is 0 Å². The lowest BCUT2D eigenvalue weighted by molar-refractivity contribution is 1.04. The highest BCUT2D eigenvalue weighted by Gasteiger charge is 2.00. The molecule has 0 amide bonds. The topological polar surface area (TPSA) is 50.2 Å². The van der Waals surface area contributed by atoms with Crippen LogP contribution in [0.2, 0.25) is 5.02 Å². The standard InChI is InChI=1S/C15H11ClN4/c16-13-7-5-11(6-8-13)9-17-19-15-14-4-2-1-3-12(14)10-18-20-15/h1-10H,(H,19,20). The van der Waals surface area contributed by atoms with Crippen LogP contribution < -0.4 is 5.43 Å². The van der Waals surface area contributed by atoms with Crippen molar-refractivity contribution < 1.29 is 0 Å². The molecule has 3 aromatic rings.